The molecule has 3 unspecified atom stereocenters. The summed E-state index contributed by atoms with van der Waals surface area (Å²) in [6, 6.07) is 0. The minimum Gasteiger partial charge on any atom is -0.325 e. The van der Waals surface area contributed by atoms with E-state index in [2.05, 4.69) is 41.5 Å². The molecule has 0 aliphatic heterocycles. The first-order valence-corrected chi connectivity index (χ1v) is 5.93. The Labute approximate surface area is 89.5 Å². The van der Waals surface area contributed by atoms with Crippen molar-refractivity contribution in [1.82, 2.24) is 0 Å². The summed E-state index contributed by atoms with van der Waals surface area (Å²) in [6.45, 7) is 13.9. The summed E-state index contributed by atoms with van der Waals surface area (Å²) in [5.74, 6) is 0.757. The first-order chi connectivity index (χ1) is 6.15. The molecule has 0 saturated heterocycles. The predicted molar refractivity (Wildman–Crippen MR) is 63.2 cm³/mol. The van der Waals surface area contributed by atoms with Crippen LogP contribution in [0.1, 0.15) is 60.8 Å². The second kappa shape index (κ2) is 3.23. The zero-order valence-electron chi connectivity index (χ0n) is 10.8. The van der Waals surface area contributed by atoms with Crippen LogP contribution >= 0.6 is 0 Å². The van der Waals surface area contributed by atoms with E-state index in [0.29, 0.717) is 10.8 Å². The molecule has 1 aliphatic carbocycles. The molecule has 3 atom stereocenters. The molecule has 0 aromatic rings. The molecule has 1 aliphatic rings. The highest BCUT2D eigenvalue weighted by molar-refractivity contribution is 5.16. The Morgan fingerprint density at radius 1 is 1.36 bits per heavy atom. The number of rotatable bonds is 3. The van der Waals surface area contributed by atoms with Gasteiger partial charge in [-0.2, -0.15) is 0 Å². The van der Waals surface area contributed by atoms with Gasteiger partial charge in [0, 0.05) is 5.54 Å². The molecule has 2 N–H and O–H groups in total. The first kappa shape index (κ1) is 12.0. The van der Waals surface area contributed by atoms with Gasteiger partial charge in [0.15, 0.2) is 0 Å². The fourth-order valence-electron chi connectivity index (χ4n) is 2.53. The molecular formula is C13H27N. The van der Waals surface area contributed by atoms with E-state index in [0.717, 1.165) is 5.92 Å². The molecular weight excluding hydrogens is 170 g/mol. The normalized spacial score (nSPS) is 39.6. The standard InChI is InChI=1S/C13H27N/c1-7-13(9-12(13,6)14)8-10(2)11(3,4)5/h10H,7-9,14H2,1-6H3. The third kappa shape index (κ3) is 1.98. The zero-order valence-corrected chi connectivity index (χ0v) is 10.8. The number of hydrogen-bond acceptors (Lipinski definition) is 1. The van der Waals surface area contributed by atoms with Crippen molar-refractivity contribution < 1.29 is 0 Å². The summed E-state index contributed by atoms with van der Waals surface area (Å²) in [6.07, 6.45) is 3.75. The molecule has 1 heteroatoms. The Hall–Kier alpha value is -0.0400. The van der Waals surface area contributed by atoms with Gasteiger partial charge in [-0.1, -0.05) is 34.6 Å². The molecule has 0 amide bonds. The van der Waals surface area contributed by atoms with Crippen molar-refractivity contribution in [1.29, 1.82) is 0 Å². The maximum atomic E-state index is 6.25. The van der Waals surface area contributed by atoms with Gasteiger partial charge in [-0.3, -0.25) is 0 Å². The third-order valence-corrected chi connectivity index (χ3v) is 4.64. The van der Waals surface area contributed by atoms with Crippen molar-refractivity contribution in [3.05, 3.63) is 0 Å². The highest BCUT2D eigenvalue weighted by Crippen LogP contribution is 2.61. The SMILES string of the molecule is CCC1(CC(C)C(C)(C)C)CC1(C)N. The van der Waals surface area contributed by atoms with Crippen LogP contribution in [0.25, 0.3) is 0 Å². The Balaban J connectivity index is 2.61. The molecule has 84 valence electrons. The van der Waals surface area contributed by atoms with Gasteiger partial charge < -0.3 is 5.73 Å². The second-order valence-electron chi connectivity index (χ2n) is 6.70. The molecule has 0 bridgehead atoms. The van der Waals surface area contributed by atoms with Crippen LogP contribution in [0, 0.1) is 16.7 Å². The monoisotopic (exact) mass is 197 g/mol. The lowest BCUT2D eigenvalue weighted by Crippen LogP contribution is -2.30. The van der Waals surface area contributed by atoms with Gasteiger partial charge in [-0.05, 0) is 42.9 Å². The maximum Gasteiger partial charge on any atom is 0.0189 e. The van der Waals surface area contributed by atoms with Crippen molar-refractivity contribution >= 4 is 0 Å². The van der Waals surface area contributed by atoms with Gasteiger partial charge in [0.05, 0.1) is 0 Å². The summed E-state index contributed by atoms with van der Waals surface area (Å²) in [5.41, 5.74) is 7.22. The van der Waals surface area contributed by atoms with E-state index < -0.39 is 0 Å². The van der Waals surface area contributed by atoms with Crippen LogP contribution in [0.15, 0.2) is 0 Å². The van der Waals surface area contributed by atoms with Crippen molar-refractivity contribution in [2.45, 2.75) is 66.3 Å². The van der Waals surface area contributed by atoms with Crippen LogP contribution in [-0.2, 0) is 0 Å². The average molecular weight is 197 g/mol. The fraction of sp³-hybridized carbons (Fsp3) is 1.00. The van der Waals surface area contributed by atoms with E-state index in [1.165, 1.54) is 19.3 Å². The molecule has 0 radical (unpaired) electrons. The van der Waals surface area contributed by atoms with Crippen LogP contribution in [0.3, 0.4) is 0 Å². The minimum atomic E-state index is 0.112. The summed E-state index contributed by atoms with van der Waals surface area (Å²) < 4.78 is 0. The third-order valence-electron chi connectivity index (χ3n) is 4.64. The number of nitrogens with two attached hydrogens (primary N) is 1. The molecule has 1 fully saturated rings. The van der Waals surface area contributed by atoms with E-state index in [9.17, 15) is 0 Å². The molecule has 0 heterocycles. The van der Waals surface area contributed by atoms with E-state index in [4.69, 9.17) is 5.73 Å². The van der Waals surface area contributed by atoms with E-state index in [1.54, 1.807) is 0 Å². The maximum absolute atomic E-state index is 6.25. The Morgan fingerprint density at radius 2 is 1.79 bits per heavy atom. The van der Waals surface area contributed by atoms with Gasteiger partial charge >= 0.3 is 0 Å². The number of hydrogen-bond donors (Lipinski definition) is 1. The predicted octanol–water partition coefficient (Wildman–Crippen LogP) is 3.58. The Morgan fingerprint density at radius 3 is 2.00 bits per heavy atom. The summed E-state index contributed by atoms with van der Waals surface area (Å²) in [7, 11) is 0. The summed E-state index contributed by atoms with van der Waals surface area (Å²) in [5, 5.41) is 0. The lowest BCUT2D eigenvalue weighted by molar-refractivity contribution is 0.191. The average Bonchev–Trinajstić information content (AvgIpc) is 2.52. The van der Waals surface area contributed by atoms with Crippen molar-refractivity contribution in [3.63, 3.8) is 0 Å². The molecule has 14 heavy (non-hydrogen) atoms. The van der Waals surface area contributed by atoms with Gasteiger partial charge in [0.2, 0.25) is 0 Å². The Kier molecular flexibility index (Phi) is 2.78. The molecule has 0 aromatic carbocycles. The van der Waals surface area contributed by atoms with Gasteiger partial charge in [-0.25, -0.2) is 0 Å². The molecule has 0 spiro atoms. The van der Waals surface area contributed by atoms with E-state index in [1.807, 2.05) is 0 Å². The topological polar surface area (TPSA) is 26.0 Å². The molecule has 1 nitrogen and oxygen atoms in total. The van der Waals surface area contributed by atoms with E-state index in [-0.39, 0.29) is 5.54 Å². The summed E-state index contributed by atoms with van der Waals surface area (Å²) >= 11 is 0. The van der Waals surface area contributed by atoms with Crippen LogP contribution in [0.5, 0.6) is 0 Å². The van der Waals surface area contributed by atoms with Gasteiger partial charge in [0.1, 0.15) is 0 Å². The smallest absolute Gasteiger partial charge is 0.0189 e. The van der Waals surface area contributed by atoms with Crippen molar-refractivity contribution in [2.75, 3.05) is 0 Å². The lowest BCUT2D eigenvalue weighted by atomic mass is 9.74. The molecule has 0 aromatic heterocycles. The lowest BCUT2D eigenvalue weighted by Gasteiger charge is -2.32. The highest BCUT2D eigenvalue weighted by atomic mass is 14.9. The largest absolute Gasteiger partial charge is 0.325 e. The van der Waals surface area contributed by atoms with Crippen LogP contribution in [0.4, 0.5) is 0 Å². The van der Waals surface area contributed by atoms with Gasteiger partial charge in [0.25, 0.3) is 0 Å². The van der Waals surface area contributed by atoms with Crippen LogP contribution in [0.2, 0.25) is 0 Å². The summed E-state index contributed by atoms with van der Waals surface area (Å²) in [4.78, 5) is 0. The quantitative estimate of drug-likeness (QED) is 0.735. The molecule has 1 saturated carbocycles. The van der Waals surface area contributed by atoms with Gasteiger partial charge in [-0.15, -0.1) is 0 Å². The van der Waals surface area contributed by atoms with E-state index >= 15 is 0 Å². The zero-order chi connectivity index (χ0) is 11.2. The van der Waals surface area contributed by atoms with Crippen molar-refractivity contribution in [2.24, 2.45) is 22.5 Å². The Bertz CT molecular complexity index is 212. The fourth-order valence-corrected chi connectivity index (χ4v) is 2.53. The molecule has 1 rings (SSSR count). The second-order valence-corrected chi connectivity index (χ2v) is 6.70. The minimum absolute atomic E-state index is 0.112. The highest BCUT2D eigenvalue weighted by Gasteiger charge is 2.60. The van der Waals surface area contributed by atoms with Crippen molar-refractivity contribution in [3.8, 4) is 0 Å². The van der Waals surface area contributed by atoms with Crippen LogP contribution in [-0.4, -0.2) is 5.54 Å². The van der Waals surface area contributed by atoms with Crippen LogP contribution < -0.4 is 5.73 Å². The first-order valence-electron chi connectivity index (χ1n) is 5.93.